The number of rotatable bonds is 10. The number of aryl methyl sites for hydroxylation is 1. The molecule has 0 N–H and O–H groups in total. The molecule has 2 nitrogen and oxygen atoms in total. The lowest BCUT2D eigenvalue weighted by molar-refractivity contribution is -0.0510. The zero-order valence-corrected chi connectivity index (χ0v) is 12.6. The molecule has 1 heterocycles. The van der Waals surface area contributed by atoms with Gasteiger partial charge in [-0.3, -0.25) is 0 Å². The second-order valence-corrected chi connectivity index (χ2v) is 5.55. The Labute approximate surface area is 122 Å². The van der Waals surface area contributed by atoms with Crippen LogP contribution in [-0.2, 0) is 15.9 Å². The van der Waals surface area contributed by atoms with Gasteiger partial charge in [0.1, 0.15) is 6.61 Å². The quantitative estimate of drug-likeness (QED) is 0.460. The molecule has 0 aliphatic carbocycles. The predicted molar refractivity (Wildman–Crippen MR) is 83.6 cm³/mol. The zero-order valence-electron chi connectivity index (χ0n) is 12.6. The molecule has 1 unspecified atom stereocenters. The standard InChI is InChI=1S/C18H26O2/c1-3-5-13-18(15-20-18)19-14-7-6-8-17-11-9-16(4-2)10-12-17/h4,9-12H,2-3,5-8,13-15H2,1H3. The fraction of sp³-hybridized carbons (Fsp3) is 0.556. The third-order valence-electron chi connectivity index (χ3n) is 3.82. The first-order chi connectivity index (χ1) is 9.78. The Balaban J connectivity index is 1.58. The van der Waals surface area contributed by atoms with Gasteiger partial charge in [-0.1, -0.05) is 50.3 Å². The van der Waals surface area contributed by atoms with E-state index in [1.165, 1.54) is 24.0 Å². The van der Waals surface area contributed by atoms with E-state index >= 15 is 0 Å². The molecule has 1 saturated heterocycles. The fourth-order valence-corrected chi connectivity index (χ4v) is 2.34. The Morgan fingerprint density at radius 3 is 2.60 bits per heavy atom. The third-order valence-corrected chi connectivity index (χ3v) is 3.82. The van der Waals surface area contributed by atoms with Crippen LogP contribution in [0.5, 0.6) is 0 Å². The summed E-state index contributed by atoms with van der Waals surface area (Å²) in [6.45, 7) is 7.57. The van der Waals surface area contributed by atoms with Crippen LogP contribution in [0.1, 0.15) is 50.2 Å². The van der Waals surface area contributed by atoms with E-state index in [0.29, 0.717) is 0 Å². The highest BCUT2D eigenvalue weighted by molar-refractivity contribution is 5.47. The van der Waals surface area contributed by atoms with E-state index in [1.54, 1.807) is 0 Å². The summed E-state index contributed by atoms with van der Waals surface area (Å²) >= 11 is 0. The average molecular weight is 274 g/mol. The lowest BCUT2D eigenvalue weighted by Crippen LogP contribution is -2.17. The van der Waals surface area contributed by atoms with Gasteiger partial charge in [-0.2, -0.15) is 0 Å². The van der Waals surface area contributed by atoms with Crippen molar-refractivity contribution in [3.8, 4) is 0 Å². The summed E-state index contributed by atoms with van der Waals surface area (Å²) in [4.78, 5) is 0. The molecule has 0 amide bonds. The highest BCUT2D eigenvalue weighted by Crippen LogP contribution is 2.34. The first kappa shape index (κ1) is 15.3. The molecule has 2 heteroatoms. The van der Waals surface area contributed by atoms with Crippen molar-refractivity contribution in [1.82, 2.24) is 0 Å². The SMILES string of the molecule is C=Cc1ccc(CCCCOC2(CCCC)CO2)cc1. The smallest absolute Gasteiger partial charge is 0.192 e. The van der Waals surface area contributed by atoms with Crippen molar-refractivity contribution in [2.45, 2.75) is 51.2 Å². The Bertz CT molecular complexity index is 404. The van der Waals surface area contributed by atoms with Crippen LogP contribution in [0, 0.1) is 0 Å². The van der Waals surface area contributed by atoms with Crippen molar-refractivity contribution in [3.63, 3.8) is 0 Å². The first-order valence-corrected chi connectivity index (χ1v) is 7.77. The van der Waals surface area contributed by atoms with Gasteiger partial charge < -0.3 is 9.47 Å². The monoisotopic (exact) mass is 274 g/mol. The Kier molecular flexibility index (Phi) is 5.81. The Morgan fingerprint density at radius 2 is 2.00 bits per heavy atom. The van der Waals surface area contributed by atoms with Crippen LogP contribution < -0.4 is 0 Å². The first-order valence-electron chi connectivity index (χ1n) is 7.77. The number of benzene rings is 1. The topological polar surface area (TPSA) is 21.8 Å². The molecule has 2 rings (SSSR count). The van der Waals surface area contributed by atoms with Crippen LogP contribution in [0.3, 0.4) is 0 Å². The van der Waals surface area contributed by atoms with Gasteiger partial charge in [-0.25, -0.2) is 0 Å². The molecule has 1 aromatic carbocycles. The lowest BCUT2D eigenvalue weighted by atomic mass is 10.1. The van der Waals surface area contributed by atoms with Gasteiger partial charge in [0, 0.05) is 6.42 Å². The summed E-state index contributed by atoms with van der Waals surface area (Å²) in [5.41, 5.74) is 2.57. The normalized spacial score (nSPS) is 20.9. The largest absolute Gasteiger partial charge is 0.348 e. The van der Waals surface area contributed by atoms with E-state index in [4.69, 9.17) is 9.47 Å². The van der Waals surface area contributed by atoms with Gasteiger partial charge in [0.15, 0.2) is 5.79 Å². The molecular formula is C18H26O2. The molecule has 0 radical (unpaired) electrons. The van der Waals surface area contributed by atoms with E-state index in [0.717, 1.165) is 38.9 Å². The van der Waals surface area contributed by atoms with Crippen molar-refractivity contribution < 1.29 is 9.47 Å². The van der Waals surface area contributed by atoms with E-state index < -0.39 is 0 Å². The molecule has 1 fully saturated rings. The third kappa shape index (κ3) is 4.77. The molecular weight excluding hydrogens is 248 g/mol. The van der Waals surface area contributed by atoms with Crippen molar-refractivity contribution in [3.05, 3.63) is 42.0 Å². The lowest BCUT2D eigenvalue weighted by Gasteiger charge is -2.12. The fourth-order valence-electron chi connectivity index (χ4n) is 2.34. The molecule has 1 atom stereocenters. The minimum absolute atomic E-state index is 0.207. The number of unbranched alkanes of at least 4 members (excludes halogenated alkanes) is 2. The van der Waals surface area contributed by atoms with E-state index in [-0.39, 0.29) is 5.79 Å². The number of hydrogen-bond donors (Lipinski definition) is 0. The highest BCUT2D eigenvalue weighted by atomic mass is 16.8. The van der Waals surface area contributed by atoms with Crippen LogP contribution >= 0.6 is 0 Å². The van der Waals surface area contributed by atoms with E-state index in [1.807, 2.05) is 6.08 Å². The molecule has 0 saturated carbocycles. The van der Waals surface area contributed by atoms with Gasteiger partial charge in [0.25, 0.3) is 0 Å². The van der Waals surface area contributed by atoms with Crippen molar-refractivity contribution in [2.24, 2.45) is 0 Å². The van der Waals surface area contributed by atoms with Crippen LogP contribution in [-0.4, -0.2) is 19.0 Å². The maximum atomic E-state index is 5.88. The number of ether oxygens (including phenoxy) is 2. The van der Waals surface area contributed by atoms with Gasteiger partial charge in [-0.05, 0) is 36.8 Å². The van der Waals surface area contributed by atoms with Gasteiger partial charge in [-0.15, -0.1) is 0 Å². The summed E-state index contributed by atoms with van der Waals surface area (Å²) < 4.78 is 11.3. The van der Waals surface area contributed by atoms with Crippen LogP contribution in [0.4, 0.5) is 0 Å². The van der Waals surface area contributed by atoms with Crippen molar-refractivity contribution in [1.29, 1.82) is 0 Å². The minimum atomic E-state index is -0.207. The van der Waals surface area contributed by atoms with Crippen LogP contribution in [0.15, 0.2) is 30.8 Å². The van der Waals surface area contributed by atoms with E-state index in [2.05, 4.69) is 37.8 Å². The van der Waals surface area contributed by atoms with Crippen LogP contribution in [0.2, 0.25) is 0 Å². The summed E-state index contributed by atoms with van der Waals surface area (Å²) in [5.74, 6) is -0.207. The molecule has 110 valence electrons. The Morgan fingerprint density at radius 1 is 1.25 bits per heavy atom. The van der Waals surface area contributed by atoms with Gasteiger partial charge in [0.05, 0.1) is 6.61 Å². The summed E-state index contributed by atoms with van der Waals surface area (Å²) in [5, 5.41) is 0. The Hall–Kier alpha value is -1.12. The van der Waals surface area contributed by atoms with Gasteiger partial charge >= 0.3 is 0 Å². The second kappa shape index (κ2) is 7.61. The number of hydrogen-bond acceptors (Lipinski definition) is 2. The van der Waals surface area contributed by atoms with Crippen molar-refractivity contribution >= 4 is 6.08 Å². The molecule has 1 aliphatic heterocycles. The van der Waals surface area contributed by atoms with E-state index in [9.17, 15) is 0 Å². The van der Waals surface area contributed by atoms with Crippen molar-refractivity contribution in [2.75, 3.05) is 13.2 Å². The van der Waals surface area contributed by atoms with Gasteiger partial charge in [0.2, 0.25) is 0 Å². The molecule has 1 aromatic rings. The predicted octanol–water partition coefficient (Wildman–Crippen LogP) is 4.59. The van der Waals surface area contributed by atoms with Crippen LogP contribution in [0.25, 0.3) is 6.08 Å². The highest BCUT2D eigenvalue weighted by Gasteiger charge is 2.45. The number of epoxide rings is 1. The molecule has 1 aliphatic rings. The molecule has 0 spiro atoms. The minimum Gasteiger partial charge on any atom is -0.348 e. The molecule has 0 bridgehead atoms. The second-order valence-electron chi connectivity index (χ2n) is 5.55. The molecule has 20 heavy (non-hydrogen) atoms. The summed E-state index contributed by atoms with van der Waals surface area (Å²) in [6.07, 6.45) is 8.70. The molecule has 0 aromatic heterocycles. The maximum Gasteiger partial charge on any atom is 0.192 e. The maximum absolute atomic E-state index is 5.88. The summed E-state index contributed by atoms with van der Waals surface area (Å²) in [7, 11) is 0. The zero-order chi connectivity index (χ0) is 14.3. The summed E-state index contributed by atoms with van der Waals surface area (Å²) in [6, 6.07) is 8.61. The average Bonchev–Trinajstić information content (AvgIpc) is 3.26.